The van der Waals surface area contributed by atoms with Crippen molar-refractivity contribution in [3.63, 3.8) is 0 Å². The van der Waals surface area contributed by atoms with E-state index in [1.165, 1.54) is 4.90 Å². The van der Waals surface area contributed by atoms with Crippen LogP contribution in [0.15, 0.2) is 16.6 Å². The highest BCUT2D eigenvalue weighted by Gasteiger charge is 2.42. The number of benzene rings is 1. The fourth-order valence-electron chi connectivity index (χ4n) is 2.39. The van der Waals surface area contributed by atoms with Crippen molar-refractivity contribution in [1.29, 1.82) is 0 Å². The van der Waals surface area contributed by atoms with E-state index in [2.05, 4.69) is 21.2 Å². The highest BCUT2D eigenvalue weighted by Crippen LogP contribution is 2.39. The Bertz CT molecular complexity index is 607. The first-order chi connectivity index (χ1) is 9.75. The van der Waals surface area contributed by atoms with Crippen LogP contribution in [0.1, 0.15) is 20.8 Å². The molecule has 1 saturated heterocycles. The molecule has 1 heterocycles. The van der Waals surface area contributed by atoms with Gasteiger partial charge in [0.15, 0.2) is 0 Å². The standard InChI is InChI=1S/C14H15BrCl2N2O2/c1-6(2)12-13(20)18-7(3)14(21)19(12)9-5-4-8(15)10(16)11(9)17/h4-7,12H,1-3H3,(H,18,20). The van der Waals surface area contributed by atoms with Gasteiger partial charge in [-0.25, -0.2) is 0 Å². The van der Waals surface area contributed by atoms with Crippen molar-refractivity contribution < 1.29 is 9.59 Å². The molecular formula is C14H15BrCl2N2O2. The van der Waals surface area contributed by atoms with E-state index in [-0.39, 0.29) is 22.8 Å². The van der Waals surface area contributed by atoms with Gasteiger partial charge < -0.3 is 5.32 Å². The lowest BCUT2D eigenvalue weighted by atomic mass is 9.96. The molecule has 0 radical (unpaired) electrons. The number of nitrogens with one attached hydrogen (secondary N) is 1. The number of hydrogen-bond donors (Lipinski definition) is 1. The lowest BCUT2D eigenvalue weighted by Gasteiger charge is -2.40. The first-order valence-electron chi connectivity index (χ1n) is 6.52. The van der Waals surface area contributed by atoms with Crippen molar-refractivity contribution >= 4 is 56.6 Å². The average molecular weight is 394 g/mol. The molecule has 1 fully saturated rings. The van der Waals surface area contributed by atoms with Crippen molar-refractivity contribution in [2.45, 2.75) is 32.9 Å². The minimum Gasteiger partial charge on any atom is -0.343 e. The van der Waals surface area contributed by atoms with Crippen LogP contribution in [0.3, 0.4) is 0 Å². The van der Waals surface area contributed by atoms with Gasteiger partial charge in [0.2, 0.25) is 11.8 Å². The normalized spacial score (nSPS) is 22.7. The molecule has 1 N–H and O–H groups in total. The summed E-state index contributed by atoms with van der Waals surface area (Å²) in [6.45, 7) is 5.42. The van der Waals surface area contributed by atoms with E-state index in [1.807, 2.05) is 13.8 Å². The Balaban J connectivity index is 2.58. The molecule has 2 rings (SSSR count). The minimum atomic E-state index is -0.608. The van der Waals surface area contributed by atoms with E-state index in [0.29, 0.717) is 15.2 Å². The van der Waals surface area contributed by atoms with Crippen LogP contribution in [-0.4, -0.2) is 23.9 Å². The second-order valence-corrected chi connectivity index (χ2v) is 6.93. The summed E-state index contributed by atoms with van der Waals surface area (Å²) >= 11 is 15.7. The zero-order valence-electron chi connectivity index (χ0n) is 11.8. The third-order valence-corrected chi connectivity index (χ3v) is 5.18. The zero-order chi connectivity index (χ0) is 15.9. The molecule has 21 heavy (non-hydrogen) atoms. The first kappa shape index (κ1) is 16.6. The average Bonchev–Trinajstić information content (AvgIpc) is 2.40. The van der Waals surface area contributed by atoms with E-state index in [9.17, 15) is 9.59 Å². The smallest absolute Gasteiger partial charge is 0.250 e. The van der Waals surface area contributed by atoms with Crippen molar-refractivity contribution in [2.24, 2.45) is 5.92 Å². The summed E-state index contributed by atoms with van der Waals surface area (Å²) in [4.78, 5) is 26.2. The van der Waals surface area contributed by atoms with Crippen LogP contribution in [0, 0.1) is 5.92 Å². The number of nitrogens with zero attached hydrogens (tertiary/aromatic N) is 1. The summed E-state index contributed by atoms with van der Waals surface area (Å²) in [5.74, 6) is -0.444. The second kappa shape index (κ2) is 6.15. The third-order valence-electron chi connectivity index (χ3n) is 3.42. The maximum Gasteiger partial charge on any atom is 0.250 e. The maximum absolute atomic E-state index is 12.5. The second-order valence-electron chi connectivity index (χ2n) is 5.32. The van der Waals surface area contributed by atoms with E-state index in [4.69, 9.17) is 23.2 Å². The summed E-state index contributed by atoms with van der Waals surface area (Å²) in [5.41, 5.74) is 0.454. The van der Waals surface area contributed by atoms with Crippen molar-refractivity contribution in [3.05, 3.63) is 26.7 Å². The minimum absolute atomic E-state index is 0.0556. The lowest BCUT2D eigenvalue weighted by molar-refractivity contribution is -0.134. The zero-order valence-corrected chi connectivity index (χ0v) is 14.9. The van der Waals surface area contributed by atoms with Gasteiger partial charge in [-0.15, -0.1) is 0 Å². The Kier molecular flexibility index (Phi) is 4.85. The largest absolute Gasteiger partial charge is 0.343 e. The lowest BCUT2D eigenvalue weighted by Crippen LogP contribution is -2.64. The monoisotopic (exact) mass is 392 g/mol. The Morgan fingerprint density at radius 2 is 1.86 bits per heavy atom. The molecule has 1 aliphatic heterocycles. The predicted octanol–water partition coefficient (Wildman–Crippen LogP) is 3.63. The van der Waals surface area contributed by atoms with Crippen LogP contribution in [-0.2, 0) is 9.59 Å². The number of amides is 2. The van der Waals surface area contributed by atoms with Crippen molar-refractivity contribution in [3.8, 4) is 0 Å². The Morgan fingerprint density at radius 3 is 2.43 bits per heavy atom. The summed E-state index contributed by atoms with van der Waals surface area (Å²) in [6.07, 6.45) is 0. The van der Waals surface area contributed by atoms with E-state index >= 15 is 0 Å². The summed E-state index contributed by atoms with van der Waals surface area (Å²) in [5, 5.41) is 3.27. The van der Waals surface area contributed by atoms with Crippen LogP contribution in [0.5, 0.6) is 0 Å². The molecule has 0 bridgehead atoms. The molecular weight excluding hydrogens is 379 g/mol. The van der Waals surface area contributed by atoms with Gasteiger partial charge in [-0.1, -0.05) is 37.0 Å². The summed E-state index contributed by atoms with van der Waals surface area (Å²) < 4.78 is 0.640. The summed E-state index contributed by atoms with van der Waals surface area (Å²) in [7, 11) is 0. The predicted molar refractivity (Wildman–Crippen MR) is 87.9 cm³/mol. The first-order valence-corrected chi connectivity index (χ1v) is 8.07. The van der Waals surface area contributed by atoms with Crippen LogP contribution in [0.4, 0.5) is 5.69 Å². The molecule has 1 aromatic carbocycles. The van der Waals surface area contributed by atoms with E-state index in [0.717, 1.165) is 0 Å². The molecule has 4 nitrogen and oxygen atoms in total. The molecule has 0 saturated carbocycles. The fourth-order valence-corrected chi connectivity index (χ4v) is 3.25. The molecule has 1 aromatic rings. The molecule has 0 spiro atoms. The number of hydrogen-bond acceptors (Lipinski definition) is 2. The molecule has 0 aliphatic carbocycles. The van der Waals surface area contributed by atoms with Crippen LogP contribution in [0.25, 0.3) is 0 Å². The Labute approximate surface area is 141 Å². The van der Waals surface area contributed by atoms with Crippen LogP contribution >= 0.6 is 39.1 Å². The SMILES string of the molecule is CC1NC(=O)C(C(C)C)N(c2ccc(Br)c(Cl)c2Cl)C1=O. The quantitative estimate of drug-likeness (QED) is 0.780. The van der Waals surface area contributed by atoms with Gasteiger partial charge >= 0.3 is 0 Å². The molecule has 2 unspecified atom stereocenters. The summed E-state index contributed by atoms with van der Waals surface area (Å²) in [6, 6.07) is 2.21. The van der Waals surface area contributed by atoms with Gasteiger partial charge in [-0.2, -0.15) is 0 Å². The third kappa shape index (κ3) is 2.91. The van der Waals surface area contributed by atoms with Gasteiger partial charge in [0.05, 0.1) is 15.7 Å². The van der Waals surface area contributed by atoms with Gasteiger partial charge in [0.25, 0.3) is 0 Å². The molecule has 0 aromatic heterocycles. The number of piperazine rings is 1. The van der Waals surface area contributed by atoms with Gasteiger partial charge in [0.1, 0.15) is 12.1 Å². The molecule has 114 valence electrons. The maximum atomic E-state index is 12.5. The van der Waals surface area contributed by atoms with Crippen LogP contribution in [0.2, 0.25) is 10.0 Å². The number of carbonyl (C=O) groups excluding carboxylic acids is 2. The topological polar surface area (TPSA) is 49.4 Å². The van der Waals surface area contributed by atoms with Gasteiger partial charge in [-0.05, 0) is 40.9 Å². The Morgan fingerprint density at radius 1 is 1.24 bits per heavy atom. The van der Waals surface area contributed by atoms with Crippen molar-refractivity contribution in [1.82, 2.24) is 5.32 Å². The molecule has 2 atom stereocenters. The molecule has 1 aliphatic rings. The molecule has 7 heteroatoms. The number of rotatable bonds is 2. The highest BCUT2D eigenvalue weighted by atomic mass is 79.9. The Hall–Kier alpha value is -0.780. The number of anilines is 1. The number of halogens is 3. The van der Waals surface area contributed by atoms with Gasteiger partial charge in [0, 0.05) is 4.47 Å². The van der Waals surface area contributed by atoms with Crippen LogP contribution < -0.4 is 10.2 Å². The fraction of sp³-hybridized carbons (Fsp3) is 0.429. The van der Waals surface area contributed by atoms with E-state index in [1.54, 1.807) is 19.1 Å². The number of carbonyl (C=O) groups is 2. The van der Waals surface area contributed by atoms with Crippen molar-refractivity contribution in [2.75, 3.05) is 4.90 Å². The molecule has 2 amide bonds. The highest BCUT2D eigenvalue weighted by molar-refractivity contribution is 9.10. The van der Waals surface area contributed by atoms with Gasteiger partial charge in [-0.3, -0.25) is 14.5 Å². The van der Waals surface area contributed by atoms with E-state index < -0.39 is 12.1 Å².